The maximum atomic E-state index is 15.6. The predicted molar refractivity (Wildman–Crippen MR) is 201 cm³/mol. The molecule has 53 heavy (non-hydrogen) atoms. The maximum absolute atomic E-state index is 15.6. The van der Waals surface area contributed by atoms with Crippen molar-refractivity contribution in [3.63, 3.8) is 0 Å². The molecule has 1 saturated heterocycles. The number of fused-ring (bicyclic) bond motifs is 1. The number of hydrogen-bond donors (Lipinski definition) is 5. The van der Waals surface area contributed by atoms with Crippen LogP contribution in [0.5, 0.6) is 5.88 Å². The number of aliphatic hydroxyl groups is 1. The predicted octanol–water partition coefficient (Wildman–Crippen LogP) is 4.50. The van der Waals surface area contributed by atoms with E-state index in [0.29, 0.717) is 62.0 Å². The lowest BCUT2D eigenvalue weighted by Crippen LogP contribution is -2.35. The first kappa shape index (κ1) is 37.8. The summed E-state index contributed by atoms with van der Waals surface area (Å²) in [6.45, 7) is 0.945. The van der Waals surface area contributed by atoms with E-state index in [1.165, 1.54) is 30.8 Å². The first-order valence-corrected chi connectivity index (χ1v) is 17.7. The van der Waals surface area contributed by atoms with Crippen molar-refractivity contribution in [3.8, 4) is 39.4 Å². The third-order valence-electron chi connectivity index (χ3n) is 9.05. The van der Waals surface area contributed by atoms with Gasteiger partial charge in [-0.05, 0) is 24.1 Å². The van der Waals surface area contributed by atoms with E-state index in [1.54, 1.807) is 30.5 Å². The van der Waals surface area contributed by atoms with E-state index in [4.69, 9.17) is 27.9 Å². The van der Waals surface area contributed by atoms with Gasteiger partial charge in [0.15, 0.2) is 0 Å². The van der Waals surface area contributed by atoms with Gasteiger partial charge >= 0.3 is 0 Å². The van der Waals surface area contributed by atoms with E-state index < -0.39 is 11.9 Å². The van der Waals surface area contributed by atoms with Crippen LogP contribution in [0, 0.1) is 5.82 Å². The summed E-state index contributed by atoms with van der Waals surface area (Å²) in [6, 6.07) is 15.7. The summed E-state index contributed by atoms with van der Waals surface area (Å²) in [5.41, 5.74) is 4.19. The second-order valence-electron chi connectivity index (χ2n) is 12.6. The number of carbonyl (C=O) groups excluding carboxylic acids is 2. The molecule has 12 nitrogen and oxygen atoms in total. The largest absolute Gasteiger partial charge is 0.481 e. The second-order valence-corrected chi connectivity index (χ2v) is 13.4. The Morgan fingerprint density at radius 3 is 2.47 bits per heavy atom. The monoisotopic (exact) mass is 761 g/mol. The summed E-state index contributed by atoms with van der Waals surface area (Å²) in [5.74, 6) is -0.660. The van der Waals surface area contributed by atoms with Crippen LogP contribution in [0.3, 0.4) is 0 Å². The zero-order valence-electron chi connectivity index (χ0n) is 29.0. The molecule has 4 heterocycles. The minimum absolute atomic E-state index is 0.00391. The lowest BCUT2D eigenvalue weighted by Gasteiger charge is -2.16. The molecule has 6 rings (SSSR count). The number of methoxy groups -OCH3 is 1. The number of pyridine rings is 2. The number of aliphatic hydroxyl groups excluding tert-OH is 1. The van der Waals surface area contributed by atoms with Gasteiger partial charge in [0.25, 0.3) is 5.56 Å². The van der Waals surface area contributed by atoms with Gasteiger partial charge in [0.2, 0.25) is 17.7 Å². The van der Waals surface area contributed by atoms with Crippen LogP contribution in [0.15, 0.2) is 71.8 Å². The number of ether oxygens (including phenoxy) is 1. The fourth-order valence-electron chi connectivity index (χ4n) is 6.25. The van der Waals surface area contributed by atoms with Crippen molar-refractivity contribution < 1.29 is 23.8 Å². The Kier molecular flexibility index (Phi) is 12.0. The smallest absolute Gasteiger partial charge is 0.262 e. The highest BCUT2D eigenvalue weighted by Crippen LogP contribution is 2.42. The number of amides is 2. The van der Waals surface area contributed by atoms with Crippen molar-refractivity contribution in [1.82, 2.24) is 35.6 Å². The quantitative estimate of drug-likeness (QED) is 0.110. The molecule has 5 aromatic rings. The molecule has 0 aliphatic carbocycles. The highest BCUT2D eigenvalue weighted by Gasteiger charge is 2.22. The molecule has 15 heteroatoms. The average molecular weight is 763 g/mol. The van der Waals surface area contributed by atoms with E-state index in [1.807, 2.05) is 24.3 Å². The van der Waals surface area contributed by atoms with Crippen LogP contribution in [-0.2, 0) is 22.7 Å². The van der Waals surface area contributed by atoms with Crippen molar-refractivity contribution in [1.29, 1.82) is 0 Å². The lowest BCUT2D eigenvalue weighted by atomic mass is 9.97. The topological polar surface area (TPSA) is 159 Å². The van der Waals surface area contributed by atoms with Gasteiger partial charge in [-0.1, -0.05) is 59.6 Å². The minimum atomic E-state index is -0.894. The first-order valence-electron chi connectivity index (χ1n) is 17.0. The number of hydrogen-bond acceptors (Lipinski definition) is 9. The lowest BCUT2D eigenvalue weighted by molar-refractivity contribution is -0.122. The number of nitrogens with one attached hydrogen (secondary N) is 4. The van der Waals surface area contributed by atoms with Gasteiger partial charge in [-0.2, -0.15) is 0 Å². The van der Waals surface area contributed by atoms with Crippen LogP contribution in [0.4, 0.5) is 4.39 Å². The van der Waals surface area contributed by atoms with Crippen molar-refractivity contribution in [2.45, 2.75) is 44.5 Å². The van der Waals surface area contributed by atoms with Crippen LogP contribution in [0.2, 0.25) is 10.0 Å². The standard InChI is InChI=1S/C38H38Cl2FN7O5/c1-42-34(51)14-24(49)19-43-16-22-17-45-32-13-21(11-12-48(32)38(22)52)25-5-3-6-26(35(25)39)27-7-4-8-28(36(27)40)31-15-30(41)29(37(47-31)53-2)20-44-18-23-9-10-33(50)46-23/h3-8,11-13,15,17,23-24,43-44,49H,9-10,14,16,18-20H2,1-2H3,(H,42,51)(H,46,50)/t23-,24-/m0/s1. The van der Waals surface area contributed by atoms with Crippen LogP contribution >= 0.6 is 23.2 Å². The Balaban J connectivity index is 1.23. The Morgan fingerprint density at radius 2 is 1.77 bits per heavy atom. The second kappa shape index (κ2) is 16.8. The Labute approximate surface area is 314 Å². The van der Waals surface area contributed by atoms with Crippen molar-refractivity contribution in [2.24, 2.45) is 0 Å². The third-order valence-corrected chi connectivity index (χ3v) is 9.87. The molecule has 1 aliphatic rings. The molecule has 0 spiro atoms. The van der Waals surface area contributed by atoms with Crippen molar-refractivity contribution >= 4 is 40.7 Å². The highest BCUT2D eigenvalue weighted by molar-refractivity contribution is 6.39. The number of rotatable bonds is 14. The Bertz CT molecular complexity index is 2230. The molecule has 0 radical (unpaired) electrons. The van der Waals surface area contributed by atoms with Crippen LogP contribution < -0.4 is 31.6 Å². The van der Waals surface area contributed by atoms with Gasteiger partial charge in [0, 0.05) is 92.0 Å². The summed E-state index contributed by atoms with van der Waals surface area (Å²) < 4.78 is 22.5. The van der Waals surface area contributed by atoms with E-state index in [9.17, 15) is 19.5 Å². The number of benzene rings is 2. The molecule has 2 aromatic carbocycles. The summed E-state index contributed by atoms with van der Waals surface area (Å²) in [4.78, 5) is 45.3. The van der Waals surface area contributed by atoms with Crippen LogP contribution in [0.1, 0.15) is 30.4 Å². The molecule has 2 atom stereocenters. The molecule has 2 amide bonds. The number of aromatic nitrogens is 3. The fourth-order valence-corrected chi connectivity index (χ4v) is 6.91. The van der Waals surface area contributed by atoms with Crippen molar-refractivity contribution in [3.05, 3.63) is 104 Å². The summed E-state index contributed by atoms with van der Waals surface area (Å²) in [5, 5.41) is 22.3. The molecular weight excluding hydrogens is 724 g/mol. The van der Waals surface area contributed by atoms with Gasteiger partial charge in [-0.25, -0.2) is 14.4 Å². The van der Waals surface area contributed by atoms with Gasteiger partial charge in [0.1, 0.15) is 11.5 Å². The molecule has 1 aliphatic heterocycles. The van der Waals surface area contributed by atoms with Crippen LogP contribution in [-0.4, -0.2) is 70.7 Å². The first-order chi connectivity index (χ1) is 25.6. The summed E-state index contributed by atoms with van der Waals surface area (Å²) in [6.07, 6.45) is 3.37. The SMILES string of the molecule is CNC(=O)C[C@H](O)CNCc1cnc2cc(-c3cccc(-c4cccc(-c5cc(F)c(CNC[C@@H]6CCC(=O)N6)c(OC)n5)c4Cl)c3Cl)ccn2c1=O. The summed E-state index contributed by atoms with van der Waals surface area (Å²) >= 11 is 14.1. The van der Waals surface area contributed by atoms with E-state index in [0.717, 1.165) is 6.42 Å². The molecule has 0 saturated carbocycles. The number of halogens is 3. The van der Waals surface area contributed by atoms with Gasteiger partial charge in [-0.3, -0.25) is 18.8 Å². The average Bonchev–Trinajstić information content (AvgIpc) is 3.57. The van der Waals surface area contributed by atoms with Crippen LogP contribution in [0.25, 0.3) is 39.2 Å². The Morgan fingerprint density at radius 1 is 1.06 bits per heavy atom. The van der Waals surface area contributed by atoms with E-state index in [-0.39, 0.29) is 66.6 Å². The fraction of sp³-hybridized carbons (Fsp3) is 0.289. The molecule has 1 fully saturated rings. The molecule has 276 valence electrons. The highest BCUT2D eigenvalue weighted by atomic mass is 35.5. The maximum Gasteiger partial charge on any atom is 0.262 e. The molecule has 5 N–H and O–H groups in total. The zero-order chi connectivity index (χ0) is 37.6. The summed E-state index contributed by atoms with van der Waals surface area (Å²) in [7, 11) is 2.93. The minimum Gasteiger partial charge on any atom is -0.481 e. The normalized spacial score (nSPS) is 14.7. The molecule has 3 aromatic heterocycles. The van der Waals surface area contributed by atoms with Gasteiger partial charge in [-0.15, -0.1) is 0 Å². The molecule has 0 bridgehead atoms. The zero-order valence-corrected chi connectivity index (χ0v) is 30.5. The van der Waals surface area contributed by atoms with E-state index >= 15 is 4.39 Å². The Hall–Kier alpha value is -4.92. The number of carbonyl (C=O) groups is 2. The number of nitrogens with zero attached hydrogens (tertiary/aromatic N) is 3. The van der Waals surface area contributed by atoms with E-state index in [2.05, 4.69) is 31.2 Å². The third kappa shape index (κ3) is 8.50. The van der Waals surface area contributed by atoms with Gasteiger partial charge < -0.3 is 31.1 Å². The van der Waals surface area contributed by atoms with Gasteiger partial charge in [0.05, 0.1) is 40.9 Å². The molecular formula is C38H38Cl2FN7O5. The molecule has 0 unspecified atom stereocenters. The van der Waals surface area contributed by atoms with Crippen molar-refractivity contribution in [2.75, 3.05) is 27.2 Å².